The van der Waals surface area contributed by atoms with Crippen molar-refractivity contribution < 1.29 is 13.2 Å². The van der Waals surface area contributed by atoms with E-state index in [1.807, 2.05) is 0 Å². The third-order valence-corrected chi connectivity index (χ3v) is 6.34. The molecule has 1 aliphatic rings. The van der Waals surface area contributed by atoms with Gasteiger partial charge in [0.1, 0.15) is 11.5 Å². The number of hydrogen-bond acceptors (Lipinski definition) is 5. The molecule has 0 saturated carbocycles. The van der Waals surface area contributed by atoms with Gasteiger partial charge in [0.25, 0.3) is 0 Å². The van der Waals surface area contributed by atoms with Gasteiger partial charge < -0.3 is 16.2 Å². The van der Waals surface area contributed by atoms with E-state index in [2.05, 4.69) is 4.99 Å². The first-order chi connectivity index (χ1) is 11.4. The van der Waals surface area contributed by atoms with Crippen molar-refractivity contribution in [2.24, 2.45) is 16.5 Å². The Hall–Kier alpha value is -1.90. The second-order valence-corrected chi connectivity index (χ2v) is 8.71. The Morgan fingerprint density at radius 2 is 1.60 bits per heavy atom. The van der Waals surface area contributed by atoms with E-state index in [0.29, 0.717) is 22.1 Å². The van der Waals surface area contributed by atoms with Crippen LogP contribution in [0.15, 0.2) is 58.4 Å². The van der Waals surface area contributed by atoms with E-state index in [-0.39, 0.29) is 29.4 Å². The van der Waals surface area contributed by atoms with Gasteiger partial charge in [-0.25, -0.2) is 13.4 Å². The van der Waals surface area contributed by atoms with Crippen LogP contribution in [0.5, 0.6) is 11.5 Å². The van der Waals surface area contributed by atoms with Gasteiger partial charge in [0.15, 0.2) is 15.8 Å². The highest BCUT2D eigenvalue weighted by Crippen LogP contribution is 2.33. The van der Waals surface area contributed by atoms with Gasteiger partial charge in [-0.05, 0) is 48.5 Å². The predicted octanol–water partition coefficient (Wildman–Crippen LogP) is 2.69. The minimum absolute atomic E-state index is 0. The van der Waals surface area contributed by atoms with E-state index in [9.17, 15) is 8.42 Å². The zero-order chi connectivity index (χ0) is 17.2. The molecular weight excluding hydrogens is 382 g/mol. The summed E-state index contributed by atoms with van der Waals surface area (Å²) in [5.74, 6) is 2.28. The number of sulfone groups is 1. The molecule has 134 valence electrons. The molecule has 0 bridgehead atoms. The number of halogens is 1. The van der Waals surface area contributed by atoms with Crippen LogP contribution < -0.4 is 16.2 Å². The average molecular weight is 400 g/mol. The summed E-state index contributed by atoms with van der Waals surface area (Å²) in [5, 5.41) is 0.245. The van der Waals surface area contributed by atoms with Gasteiger partial charge in [0.05, 0.1) is 16.3 Å². The monoisotopic (exact) mass is 399 g/mol. The van der Waals surface area contributed by atoms with Crippen LogP contribution in [-0.2, 0) is 9.84 Å². The number of nitrogens with two attached hydrogens (primary N) is 2. The van der Waals surface area contributed by atoms with Crippen molar-refractivity contribution in [2.45, 2.75) is 10.1 Å². The fourth-order valence-corrected chi connectivity index (χ4v) is 4.77. The lowest BCUT2D eigenvalue weighted by molar-refractivity contribution is 0.482. The van der Waals surface area contributed by atoms with E-state index in [4.69, 9.17) is 16.2 Å². The molecule has 25 heavy (non-hydrogen) atoms. The predicted molar refractivity (Wildman–Crippen MR) is 104 cm³/mol. The third-order valence-electron chi connectivity index (χ3n) is 3.32. The number of benzene rings is 2. The average Bonchev–Trinajstić information content (AvgIpc) is 3.33. The van der Waals surface area contributed by atoms with Gasteiger partial charge in [-0.3, -0.25) is 0 Å². The van der Waals surface area contributed by atoms with Gasteiger partial charge >= 0.3 is 0 Å². The number of ether oxygens (including phenoxy) is 1. The van der Waals surface area contributed by atoms with E-state index in [1.165, 1.54) is 0 Å². The van der Waals surface area contributed by atoms with Crippen molar-refractivity contribution in [3.8, 4) is 11.5 Å². The van der Waals surface area contributed by atoms with Crippen molar-refractivity contribution >= 4 is 45.7 Å². The first-order valence-electron chi connectivity index (χ1n) is 7.24. The molecule has 1 heterocycles. The minimum atomic E-state index is -3.22. The molecule has 9 heteroatoms. The summed E-state index contributed by atoms with van der Waals surface area (Å²) in [6, 6.07) is 13.4. The van der Waals surface area contributed by atoms with Crippen molar-refractivity contribution in [3.05, 3.63) is 48.5 Å². The third kappa shape index (κ3) is 5.55. The first kappa shape index (κ1) is 19.4. The summed E-state index contributed by atoms with van der Waals surface area (Å²) >= 11 is 1.67. The minimum Gasteiger partial charge on any atom is -0.457 e. The number of rotatable bonds is 6. The molecule has 0 aromatic heterocycles. The largest absolute Gasteiger partial charge is 0.457 e. The van der Waals surface area contributed by atoms with Crippen LogP contribution in [0.3, 0.4) is 0 Å². The van der Waals surface area contributed by atoms with Gasteiger partial charge in [0.2, 0.25) is 0 Å². The maximum atomic E-state index is 12.2. The Kier molecular flexibility index (Phi) is 6.21. The fourth-order valence-electron chi connectivity index (χ4n) is 2.09. The molecule has 2 aromatic carbocycles. The maximum absolute atomic E-state index is 12.2. The molecule has 1 aliphatic heterocycles. The number of guanidine groups is 1. The zero-order valence-electron chi connectivity index (χ0n) is 13.2. The van der Waals surface area contributed by atoms with Crippen LogP contribution in [0.2, 0.25) is 0 Å². The Morgan fingerprint density at radius 1 is 1.08 bits per heavy atom. The first-order valence-corrected chi connectivity index (χ1v) is 9.94. The summed E-state index contributed by atoms with van der Waals surface area (Å²) in [7, 11) is -3.22. The lowest BCUT2D eigenvalue weighted by atomic mass is 10.3. The quantitative estimate of drug-likeness (QED) is 0.439. The molecule has 1 fully saturated rings. The number of hydrogen-bond donors (Lipinski definition) is 2. The van der Waals surface area contributed by atoms with Crippen LogP contribution in [0.1, 0.15) is 0 Å². The highest BCUT2D eigenvalue weighted by Gasteiger charge is 2.29. The van der Waals surface area contributed by atoms with Crippen molar-refractivity contribution in [1.82, 2.24) is 0 Å². The number of aliphatic imine (C=N–C) groups is 1. The van der Waals surface area contributed by atoms with Gasteiger partial charge in [-0.2, -0.15) is 11.8 Å². The summed E-state index contributed by atoms with van der Waals surface area (Å²) in [5.41, 5.74) is 11.3. The lowest BCUT2D eigenvalue weighted by Crippen LogP contribution is -2.21. The van der Waals surface area contributed by atoms with E-state index in [1.54, 1.807) is 60.3 Å². The molecule has 2 aromatic rings. The Labute approximate surface area is 157 Å². The molecule has 0 spiro atoms. The zero-order valence-corrected chi connectivity index (χ0v) is 15.6. The molecular formula is C16H18ClN3O3S2. The van der Waals surface area contributed by atoms with Crippen LogP contribution >= 0.6 is 24.2 Å². The van der Waals surface area contributed by atoms with Crippen LogP contribution in [0.4, 0.5) is 5.69 Å². The molecule has 3 rings (SSSR count). The van der Waals surface area contributed by atoms with E-state index >= 15 is 0 Å². The second-order valence-electron chi connectivity index (χ2n) is 5.34. The Bertz CT molecular complexity index is 845. The van der Waals surface area contributed by atoms with Gasteiger partial charge in [-0.1, -0.05) is 0 Å². The topological polar surface area (TPSA) is 108 Å². The SMILES string of the molecule is Cl.NC(N)=Nc1ccc(Oc2ccc(S(=O)(=O)CC3CS3)cc2)cc1. The second kappa shape index (κ2) is 7.99. The van der Waals surface area contributed by atoms with Crippen LogP contribution in [0.25, 0.3) is 0 Å². The molecule has 0 aliphatic carbocycles. The Morgan fingerprint density at radius 3 is 2.08 bits per heavy atom. The molecule has 4 N–H and O–H groups in total. The van der Waals surface area contributed by atoms with E-state index in [0.717, 1.165) is 5.75 Å². The molecule has 0 radical (unpaired) electrons. The van der Waals surface area contributed by atoms with E-state index < -0.39 is 9.84 Å². The maximum Gasteiger partial charge on any atom is 0.191 e. The summed E-state index contributed by atoms with van der Waals surface area (Å²) in [6.45, 7) is 0. The lowest BCUT2D eigenvalue weighted by Gasteiger charge is -2.07. The van der Waals surface area contributed by atoms with Gasteiger partial charge in [0, 0.05) is 11.0 Å². The van der Waals surface area contributed by atoms with Crippen molar-refractivity contribution in [2.75, 3.05) is 11.5 Å². The number of nitrogens with zero attached hydrogens (tertiary/aromatic N) is 1. The van der Waals surface area contributed by atoms with Crippen molar-refractivity contribution in [3.63, 3.8) is 0 Å². The normalized spacial score (nSPS) is 15.8. The van der Waals surface area contributed by atoms with Gasteiger partial charge in [-0.15, -0.1) is 12.4 Å². The fraction of sp³-hybridized carbons (Fsp3) is 0.188. The summed E-state index contributed by atoms with van der Waals surface area (Å²) in [4.78, 5) is 4.25. The molecule has 1 unspecified atom stereocenters. The summed E-state index contributed by atoms with van der Waals surface area (Å²) < 4.78 is 30.1. The van der Waals surface area contributed by atoms with Crippen LogP contribution in [-0.4, -0.2) is 31.1 Å². The molecule has 0 amide bonds. The Balaban J connectivity index is 0.00000225. The molecule has 1 saturated heterocycles. The molecule has 6 nitrogen and oxygen atoms in total. The standard InChI is InChI=1S/C16H17N3O3S2.ClH/c17-16(18)19-11-1-3-12(4-2-11)22-13-5-7-15(8-6-13)24(20,21)10-14-9-23-14;/h1-8,14H,9-10H2,(H4,17,18,19);1H. The highest BCUT2D eigenvalue weighted by atomic mass is 35.5. The molecule has 1 atom stereocenters. The number of thioether (sulfide) groups is 1. The highest BCUT2D eigenvalue weighted by molar-refractivity contribution is 8.08. The summed E-state index contributed by atoms with van der Waals surface area (Å²) in [6.07, 6.45) is 0. The smallest absolute Gasteiger partial charge is 0.191 e. The van der Waals surface area contributed by atoms with Crippen LogP contribution in [0, 0.1) is 0 Å². The van der Waals surface area contributed by atoms with Crippen molar-refractivity contribution in [1.29, 1.82) is 0 Å².